The molecule has 70 heavy (non-hydrogen) atoms. The smallest absolute Gasteiger partial charge is 0.220 e. The van der Waals surface area contributed by atoms with Crippen LogP contribution in [0.1, 0.15) is 386 Å². The monoisotopic (exact) mass is 986 g/mol. The lowest BCUT2D eigenvalue weighted by Gasteiger charge is -2.20. The Kier molecular flexibility index (Phi) is 61.6. The van der Waals surface area contributed by atoms with Crippen molar-refractivity contribution >= 4 is 5.91 Å². The fourth-order valence-electron chi connectivity index (χ4n) is 10.8. The topological polar surface area (TPSA) is 69.6 Å². The Labute approximate surface area is 441 Å². The number of carbonyl (C=O) groups excluding carboxylic acids is 1. The largest absolute Gasteiger partial charge is 0.394 e. The summed E-state index contributed by atoms with van der Waals surface area (Å²) >= 11 is 0. The Morgan fingerprint density at radius 1 is 0.329 bits per heavy atom. The summed E-state index contributed by atoms with van der Waals surface area (Å²) in [4.78, 5) is 12.5. The minimum atomic E-state index is -0.836. The van der Waals surface area contributed by atoms with Gasteiger partial charge in [0.1, 0.15) is 0 Å². The molecular formula is C66H131NO3. The first kappa shape index (κ1) is 69.1. The number of hydrogen-bond donors (Lipinski definition) is 3. The molecule has 2 atom stereocenters. The molecule has 2 unspecified atom stereocenters. The molecule has 1 amide bonds. The van der Waals surface area contributed by atoms with Crippen LogP contribution in [0.2, 0.25) is 0 Å². The molecule has 0 saturated carbocycles. The highest BCUT2D eigenvalue weighted by Crippen LogP contribution is 2.19. The van der Waals surface area contributed by atoms with Gasteiger partial charge in [-0.15, -0.1) is 0 Å². The van der Waals surface area contributed by atoms with Crippen molar-refractivity contribution in [3.05, 3.63) is 12.2 Å². The maximum atomic E-state index is 12.5. The molecule has 0 heterocycles. The van der Waals surface area contributed by atoms with Gasteiger partial charge in [0.2, 0.25) is 5.91 Å². The molecule has 4 nitrogen and oxygen atoms in total. The molecule has 0 aliphatic rings. The SMILES string of the molecule is CCCCCCCCCCCCCCCCCCCCCCCCC/C=C/C(O)C(CO)NC(=O)CCCCCCCCCCCCCCCCCCCCCCCCCCCCCCCCCCC. The summed E-state index contributed by atoms with van der Waals surface area (Å²) in [6, 6.07) is -0.619. The van der Waals surface area contributed by atoms with Crippen molar-refractivity contribution in [2.24, 2.45) is 0 Å². The van der Waals surface area contributed by atoms with Crippen molar-refractivity contribution < 1.29 is 15.0 Å². The van der Waals surface area contributed by atoms with Crippen LogP contribution < -0.4 is 5.32 Å². The average molecular weight is 987 g/mol. The summed E-state index contributed by atoms with van der Waals surface area (Å²) < 4.78 is 0. The van der Waals surface area contributed by atoms with Gasteiger partial charge < -0.3 is 15.5 Å². The number of carbonyl (C=O) groups is 1. The zero-order valence-corrected chi connectivity index (χ0v) is 48.3. The van der Waals surface area contributed by atoms with Crippen molar-refractivity contribution in [1.82, 2.24) is 5.32 Å². The predicted octanol–water partition coefficient (Wildman–Crippen LogP) is 22.0. The molecule has 0 rings (SSSR count). The van der Waals surface area contributed by atoms with Crippen LogP contribution in [0.25, 0.3) is 0 Å². The van der Waals surface area contributed by atoms with Crippen molar-refractivity contribution in [3.8, 4) is 0 Å². The molecule has 0 aromatic carbocycles. The lowest BCUT2D eigenvalue weighted by atomic mass is 10.0. The number of nitrogens with one attached hydrogen (secondary N) is 1. The van der Waals surface area contributed by atoms with E-state index >= 15 is 0 Å². The third kappa shape index (κ3) is 58.0. The Morgan fingerprint density at radius 3 is 0.743 bits per heavy atom. The molecule has 0 spiro atoms. The van der Waals surface area contributed by atoms with Gasteiger partial charge >= 0.3 is 0 Å². The molecule has 0 aliphatic carbocycles. The van der Waals surface area contributed by atoms with E-state index in [1.165, 1.54) is 340 Å². The molecule has 0 aromatic rings. The first-order chi connectivity index (χ1) is 34.7. The average Bonchev–Trinajstić information content (AvgIpc) is 3.36. The van der Waals surface area contributed by atoms with Gasteiger partial charge in [0.15, 0.2) is 0 Å². The molecular weight excluding hydrogens is 855 g/mol. The molecule has 4 heteroatoms. The first-order valence-electron chi connectivity index (χ1n) is 32.9. The highest BCUT2D eigenvalue weighted by Gasteiger charge is 2.18. The minimum absolute atomic E-state index is 0.0537. The quantitative estimate of drug-likeness (QED) is 0.0420. The van der Waals surface area contributed by atoms with Crippen molar-refractivity contribution in [3.63, 3.8) is 0 Å². The molecule has 0 bridgehead atoms. The number of amides is 1. The van der Waals surface area contributed by atoms with Crippen LogP contribution in [0.15, 0.2) is 12.2 Å². The van der Waals surface area contributed by atoms with E-state index < -0.39 is 12.1 Å². The summed E-state index contributed by atoms with van der Waals surface area (Å²) in [5.41, 5.74) is 0. The molecule has 0 radical (unpaired) electrons. The highest BCUT2D eigenvalue weighted by atomic mass is 16.3. The van der Waals surface area contributed by atoms with Crippen LogP contribution in [0, 0.1) is 0 Å². The van der Waals surface area contributed by atoms with Crippen LogP contribution in [0.3, 0.4) is 0 Å². The lowest BCUT2D eigenvalue weighted by molar-refractivity contribution is -0.123. The number of rotatable bonds is 62. The van der Waals surface area contributed by atoms with E-state index in [4.69, 9.17) is 0 Å². The van der Waals surface area contributed by atoms with E-state index in [0.29, 0.717) is 6.42 Å². The Bertz CT molecular complexity index is 982. The lowest BCUT2D eigenvalue weighted by Crippen LogP contribution is -2.45. The van der Waals surface area contributed by atoms with Crippen LogP contribution >= 0.6 is 0 Å². The maximum Gasteiger partial charge on any atom is 0.220 e. The fraction of sp³-hybridized carbons (Fsp3) is 0.955. The van der Waals surface area contributed by atoms with E-state index in [2.05, 4.69) is 19.2 Å². The second-order valence-corrected chi connectivity index (χ2v) is 22.9. The van der Waals surface area contributed by atoms with Gasteiger partial charge in [-0.25, -0.2) is 0 Å². The van der Waals surface area contributed by atoms with Gasteiger partial charge in [-0.1, -0.05) is 373 Å². The third-order valence-electron chi connectivity index (χ3n) is 15.8. The van der Waals surface area contributed by atoms with Gasteiger partial charge in [0, 0.05) is 6.42 Å². The van der Waals surface area contributed by atoms with E-state index in [-0.39, 0.29) is 12.5 Å². The standard InChI is InChI=1S/C66H131NO3/c1-3-5-7-9-11-13-15-17-19-21-23-25-27-29-30-31-32-33-34-35-36-38-40-42-44-46-48-50-52-54-56-58-60-62-66(70)67-64(63-68)65(69)61-59-57-55-53-51-49-47-45-43-41-39-37-28-26-24-22-20-18-16-14-12-10-8-6-4-2/h59,61,64-65,68-69H,3-58,60,62-63H2,1-2H3,(H,67,70)/b61-59+. The van der Waals surface area contributed by atoms with E-state index in [1.807, 2.05) is 6.08 Å². The van der Waals surface area contributed by atoms with Crippen LogP contribution in [0.4, 0.5) is 0 Å². The number of unbranched alkanes of at least 4 members (excludes halogenated alkanes) is 55. The fourth-order valence-corrected chi connectivity index (χ4v) is 10.8. The summed E-state index contributed by atoms with van der Waals surface area (Å²) in [5.74, 6) is -0.0537. The molecule has 0 aromatic heterocycles. The number of allylic oxidation sites excluding steroid dienone is 1. The third-order valence-corrected chi connectivity index (χ3v) is 15.8. The van der Waals surface area contributed by atoms with Crippen molar-refractivity contribution in [1.29, 1.82) is 0 Å². The van der Waals surface area contributed by atoms with Gasteiger partial charge in [-0.05, 0) is 19.3 Å². The van der Waals surface area contributed by atoms with E-state index in [0.717, 1.165) is 25.7 Å². The summed E-state index contributed by atoms with van der Waals surface area (Å²) in [6.07, 6.45) is 82.9. The van der Waals surface area contributed by atoms with Crippen molar-refractivity contribution in [2.75, 3.05) is 6.61 Å². The zero-order chi connectivity index (χ0) is 50.6. The number of aliphatic hydroxyl groups excluding tert-OH is 2. The van der Waals surface area contributed by atoms with Gasteiger partial charge in [0.05, 0.1) is 18.8 Å². The Hall–Kier alpha value is -0.870. The van der Waals surface area contributed by atoms with Crippen LogP contribution in [-0.2, 0) is 4.79 Å². The number of hydrogen-bond acceptors (Lipinski definition) is 3. The minimum Gasteiger partial charge on any atom is -0.394 e. The number of aliphatic hydroxyl groups is 2. The van der Waals surface area contributed by atoms with E-state index in [1.54, 1.807) is 6.08 Å². The normalized spacial score (nSPS) is 12.7. The van der Waals surface area contributed by atoms with Gasteiger partial charge in [0.25, 0.3) is 0 Å². The Morgan fingerprint density at radius 2 is 0.529 bits per heavy atom. The molecule has 3 N–H and O–H groups in total. The molecule has 0 fully saturated rings. The van der Waals surface area contributed by atoms with Gasteiger partial charge in [-0.2, -0.15) is 0 Å². The van der Waals surface area contributed by atoms with Crippen molar-refractivity contribution in [2.45, 2.75) is 398 Å². The summed E-state index contributed by atoms with van der Waals surface area (Å²) in [7, 11) is 0. The molecule has 0 aliphatic heterocycles. The summed E-state index contributed by atoms with van der Waals surface area (Å²) in [6.45, 7) is 4.36. The summed E-state index contributed by atoms with van der Waals surface area (Å²) in [5, 5.41) is 23.3. The second-order valence-electron chi connectivity index (χ2n) is 22.9. The highest BCUT2D eigenvalue weighted by molar-refractivity contribution is 5.76. The maximum absolute atomic E-state index is 12.5. The van der Waals surface area contributed by atoms with E-state index in [9.17, 15) is 15.0 Å². The predicted molar refractivity (Wildman–Crippen MR) is 313 cm³/mol. The first-order valence-corrected chi connectivity index (χ1v) is 32.9. The zero-order valence-electron chi connectivity index (χ0n) is 48.3. The second kappa shape index (κ2) is 62.4. The Balaban J connectivity index is 3.40. The molecule has 418 valence electrons. The van der Waals surface area contributed by atoms with Gasteiger partial charge in [-0.3, -0.25) is 4.79 Å². The van der Waals surface area contributed by atoms with Crippen LogP contribution in [0.5, 0.6) is 0 Å². The van der Waals surface area contributed by atoms with Crippen LogP contribution in [-0.4, -0.2) is 34.9 Å². The molecule has 0 saturated heterocycles.